The van der Waals surface area contributed by atoms with E-state index in [4.69, 9.17) is 9.47 Å². The van der Waals surface area contributed by atoms with Crippen LogP contribution in [0.15, 0.2) is 57.5 Å². The highest BCUT2D eigenvalue weighted by Crippen LogP contribution is 2.55. The zero-order valence-corrected chi connectivity index (χ0v) is 20.6. The SMILES string of the molecule is COc1cc2cc3c(cc2cc1OC)C1c2cc4cc(Br)c(Br)cc4cc2C3C(O)C1O. The molecule has 4 unspecified atom stereocenters. The first-order valence-electron chi connectivity index (χ1n) is 10.4. The molecule has 4 aromatic carbocycles. The van der Waals surface area contributed by atoms with Crippen LogP contribution >= 0.6 is 31.9 Å². The Hall–Kier alpha value is -2.12. The summed E-state index contributed by atoms with van der Waals surface area (Å²) in [6.45, 7) is 0. The van der Waals surface area contributed by atoms with Gasteiger partial charge in [-0.05, 0) is 112 Å². The molecule has 0 aliphatic heterocycles. The molecule has 4 atom stereocenters. The second-order valence-corrected chi connectivity index (χ2v) is 10.3. The summed E-state index contributed by atoms with van der Waals surface area (Å²) in [7, 11) is 3.25. The number of aliphatic hydroxyl groups is 2. The van der Waals surface area contributed by atoms with E-state index in [9.17, 15) is 10.2 Å². The van der Waals surface area contributed by atoms with Crippen LogP contribution < -0.4 is 9.47 Å². The summed E-state index contributed by atoms with van der Waals surface area (Å²) in [5.74, 6) is 0.764. The Kier molecular flexibility index (Phi) is 4.60. The fraction of sp³-hybridized carbons (Fsp3) is 0.231. The molecule has 7 rings (SSSR count). The normalized spacial score (nSPS) is 23.3. The van der Waals surface area contributed by atoms with E-state index in [1.165, 1.54) is 0 Å². The van der Waals surface area contributed by atoms with Gasteiger partial charge in [0.1, 0.15) is 0 Å². The lowest BCUT2D eigenvalue weighted by Gasteiger charge is -2.47. The Morgan fingerprint density at radius 3 is 1.19 bits per heavy atom. The third-order valence-electron chi connectivity index (χ3n) is 7.00. The molecule has 0 saturated heterocycles. The molecular formula is C26H20Br2O4. The molecule has 0 amide bonds. The second kappa shape index (κ2) is 7.19. The van der Waals surface area contributed by atoms with Crippen LogP contribution in [-0.4, -0.2) is 36.6 Å². The number of methoxy groups -OCH3 is 2. The van der Waals surface area contributed by atoms with Crippen molar-refractivity contribution in [2.45, 2.75) is 24.0 Å². The lowest BCUT2D eigenvalue weighted by Crippen LogP contribution is -2.47. The smallest absolute Gasteiger partial charge is 0.161 e. The molecular weight excluding hydrogens is 536 g/mol. The predicted octanol–water partition coefficient (Wildman–Crippen LogP) is 5.85. The van der Waals surface area contributed by atoms with Crippen molar-refractivity contribution in [1.82, 2.24) is 0 Å². The zero-order valence-electron chi connectivity index (χ0n) is 17.4. The molecule has 4 aromatic rings. The molecule has 4 nitrogen and oxygen atoms in total. The van der Waals surface area contributed by atoms with Gasteiger partial charge in [0.15, 0.2) is 11.5 Å². The van der Waals surface area contributed by atoms with Crippen molar-refractivity contribution in [1.29, 1.82) is 0 Å². The van der Waals surface area contributed by atoms with Crippen LogP contribution in [0.25, 0.3) is 21.5 Å². The summed E-state index contributed by atoms with van der Waals surface area (Å²) in [5, 5.41) is 26.4. The van der Waals surface area contributed by atoms with E-state index in [1.807, 2.05) is 12.1 Å². The monoisotopic (exact) mass is 554 g/mol. The van der Waals surface area contributed by atoms with Crippen LogP contribution in [0, 0.1) is 0 Å². The fourth-order valence-electron chi connectivity index (χ4n) is 5.53. The van der Waals surface area contributed by atoms with E-state index < -0.39 is 12.2 Å². The van der Waals surface area contributed by atoms with Crippen LogP contribution in [0.3, 0.4) is 0 Å². The van der Waals surface area contributed by atoms with Gasteiger partial charge in [0, 0.05) is 20.8 Å². The van der Waals surface area contributed by atoms with Gasteiger partial charge in [-0.3, -0.25) is 0 Å². The molecule has 3 aliphatic rings. The Morgan fingerprint density at radius 2 is 0.875 bits per heavy atom. The maximum Gasteiger partial charge on any atom is 0.161 e. The number of aliphatic hydroxyl groups excluding tert-OH is 2. The minimum atomic E-state index is -0.853. The van der Waals surface area contributed by atoms with E-state index in [0.29, 0.717) is 11.5 Å². The van der Waals surface area contributed by atoms with Gasteiger partial charge in [-0.1, -0.05) is 12.1 Å². The highest BCUT2D eigenvalue weighted by molar-refractivity contribution is 9.13. The van der Waals surface area contributed by atoms with Crippen LogP contribution in [0.2, 0.25) is 0 Å². The minimum Gasteiger partial charge on any atom is -0.493 e. The molecule has 32 heavy (non-hydrogen) atoms. The minimum absolute atomic E-state index is 0.288. The van der Waals surface area contributed by atoms with E-state index in [1.54, 1.807) is 14.2 Å². The Labute approximate surface area is 202 Å². The van der Waals surface area contributed by atoms with Gasteiger partial charge in [-0.2, -0.15) is 0 Å². The maximum atomic E-state index is 11.1. The molecule has 0 fully saturated rings. The lowest BCUT2D eigenvalue weighted by molar-refractivity contribution is -0.0152. The molecule has 0 aromatic heterocycles. The zero-order chi connectivity index (χ0) is 22.3. The van der Waals surface area contributed by atoms with Crippen molar-refractivity contribution >= 4 is 53.4 Å². The summed E-state index contributed by atoms with van der Waals surface area (Å²) in [4.78, 5) is 0. The van der Waals surface area contributed by atoms with Crippen LogP contribution in [0.5, 0.6) is 11.5 Å². The van der Waals surface area contributed by atoms with Crippen molar-refractivity contribution in [3.8, 4) is 11.5 Å². The van der Waals surface area contributed by atoms with E-state index in [2.05, 4.69) is 68.3 Å². The Balaban J connectivity index is 1.63. The molecule has 2 bridgehead atoms. The summed E-state index contributed by atoms with van der Waals surface area (Å²) in [5.41, 5.74) is 4.30. The standard InChI is InChI=1S/C26H20Br2O4/c1-31-21-9-13-5-17-18(6-14(13)10-22(21)32-2)24-16-4-12-8-20(28)19(27)7-11(12)3-15(16)23(17)25(29)26(24)30/h3-10,23-26,29-30H,1-2H3. The number of benzene rings is 4. The third kappa shape index (κ3) is 2.73. The molecule has 0 radical (unpaired) electrons. The largest absolute Gasteiger partial charge is 0.493 e. The highest BCUT2D eigenvalue weighted by Gasteiger charge is 2.49. The van der Waals surface area contributed by atoms with Gasteiger partial charge in [-0.15, -0.1) is 0 Å². The summed E-state index contributed by atoms with van der Waals surface area (Å²) < 4.78 is 13.0. The number of fused-ring (bicyclic) bond motifs is 3. The highest BCUT2D eigenvalue weighted by atomic mass is 79.9. The summed E-state index contributed by atoms with van der Waals surface area (Å²) >= 11 is 7.19. The van der Waals surface area contributed by atoms with Crippen molar-refractivity contribution in [3.05, 3.63) is 79.7 Å². The fourth-order valence-corrected chi connectivity index (χ4v) is 6.26. The van der Waals surface area contributed by atoms with Gasteiger partial charge in [0.2, 0.25) is 0 Å². The summed E-state index contributed by atoms with van der Waals surface area (Å²) in [6.07, 6.45) is -1.71. The second-order valence-electron chi connectivity index (χ2n) is 8.57. The van der Waals surface area contributed by atoms with Gasteiger partial charge < -0.3 is 19.7 Å². The quantitative estimate of drug-likeness (QED) is 0.326. The van der Waals surface area contributed by atoms with E-state index in [-0.39, 0.29) is 11.8 Å². The predicted molar refractivity (Wildman–Crippen MR) is 132 cm³/mol. The molecule has 0 spiro atoms. The maximum absolute atomic E-state index is 11.1. The first kappa shape index (κ1) is 20.5. The number of ether oxygens (including phenoxy) is 2. The van der Waals surface area contributed by atoms with Crippen molar-refractivity contribution in [2.24, 2.45) is 0 Å². The van der Waals surface area contributed by atoms with Crippen molar-refractivity contribution in [3.63, 3.8) is 0 Å². The molecule has 0 saturated carbocycles. The Bertz CT molecular complexity index is 1320. The average molecular weight is 556 g/mol. The average Bonchev–Trinajstić information content (AvgIpc) is 2.78. The van der Waals surface area contributed by atoms with Crippen LogP contribution in [-0.2, 0) is 0 Å². The van der Waals surface area contributed by atoms with E-state index >= 15 is 0 Å². The molecule has 162 valence electrons. The van der Waals surface area contributed by atoms with Gasteiger partial charge in [0.25, 0.3) is 0 Å². The van der Waals surface area contributed by atoms with Gasteiger partial charge in [-0.25, -0.2) is 0 Å². The summed E-state index contributed by atoms with van der Waals surface area (Å²) in [6, 6.07) is 16.7. The number of hydrogen-bond acceptors (Lipinski definition) is 4. The topological polar surface area (TPSA) is 58.9 Å². The molecule has 2 N–H and O–H groups in total. The van der Waals surface area contributed by atoms with Crippen LogP contribution in [0.1, 0.15) is 34.1 Å². The third-order valence-corrected chi connectivity index (χ3v) is 8.84. The van der Waals surface area contributed by atoms with Crippen LogP contribution in [0.4, 0.5) is 0 Å². The number of rotatable bonds is 2. The number of hydrogen-bond donors (Lipinski definition) is 2. The molecule has 0 heterocycles. The van der Waals surface area contributed by atoms with Crippen molar-refractivity contribution < 1.29 is 19.7 Å². The number of halogens is 2. The van der Waals surface area contributed by atoms with E-state index in [0.717, 1.165) is 52.7 Å². The molecule has 3 aliphatic carbocycles. The lowest BCUT2D eigenvalue weighted by atomic mass is 9.60. The Morgan fingerprint density at radius 1 is 0.562 bits per heavy atom. The van der Waals surface area contributed by atoms with Gasteiger partial charge >= 0.3 is 0 Å². The van der Waals surface area contributed by atoms with Crippen molar-refractivity contribution in [2.75, 3.05) is 14.2 Å². The molecule has 6 heteroatoms. The van der Waals surface area contributed by atoms with Gasteiger partial charge in [0.05, 0.1) is 26.4 Å². The first-order chi connectivity index (χ1) is 15.4. The first-order valence-corrected chi connectivity index (χ1v) is 12.0.